The maximum Gasteiger partial charge on any atom is 0.270 e. The Morgan fingerprint density at radius 2 is 2.00 bits per heavy atom. The van der Waals surface area contributed by atoms with Gasteiger partial charge >= 0.3 is 0 Å². The number of aryl methyl sites for hydroxylation is 1. The average molecular weight is 327 g/mol. The number of amides is 1. The molecule has 0 fully saturated rings. The van der Waals surface area contributed by atoms with Crippen molar-refractivity contribution in [2.75, 3.05) is 5.32 Å². The van der Waals surface area contributed by atoms with Crippen LogP contribution in [0.25, 0.3) is 10.2 Å². The fraction of sp³-hybridized carbons (Fsp3) is 0.125. The molecule has 0 unspecified atom stereocenters. The van der Waals surface area contributed by atoms with Crippen LogP contribution >= 0.6 is 11.3 Å². The van der Waals surface area contributed by atoms with Crippen LogP contribution in [0.1, 0.15) is 11.4 Å². The van der Waals surface area contributed by atoms with E-state index >= 15 is 0 Å². The lowest BCUT2D eigenvalue weighted by atomic mass is 10.2. The van der Waals surface area contributed by atoms with Crippen molar-refractivity contribution in [2.24, 2.45) is 0 Å². The first kappa shape index (κ1) is 15.1. The third-order valence-corrected chi connectivity index (χ3v) is 4.33. The van der Waals surface area contributed by atoms with Gasteiger partial charge in [-0.3, -0.25) is 14.9 Å². The van der Waals surface area contributed by atoms with Crippen LogP contribution in [0.4, 0.5) is 11.4 Å². The van der Waals surface area contributed by atoms with E-state index in [0.29, 0.717) is 12.8 Å². The Balaban J connectivity index is 1.65. The number of hydrogen-bond donors (Lipinski definition) is 1. The van der Waals surface area contributed by atoms with E-state index in [2.05, 4.69) is 10.3 Å². The van der Waals surface area contributed by atoms with Crippen molar-refractivity contribution in [1.82, 2.24) is 4.98 Å². The van der Waals surface area contributed by atoms with E-state index in [0.717, 1.165) is 20.9 Å². The highest BCUT2D eigenvalue weighted by Gasteiger charge is 2.11. The number of hydrogen-bond acceptors (Lipinski definition) is 5. The van der Waals surface area contributed by atoms with Gasteiger partial charge in [0.05, 0.1) is 20.1 Å². The summed E-state index contributed by atoms with van der Waals surface area (Å²) in [5.41, 5.74) is 1.53. The smallest absolute Gasteiger partial charge is 0.270 e. The quantitative estimate of drug-likeness (QED) is 0.571. The number of anilines is 1. The van der Waals surface area contributed by atoms with Gasteiger partial charge in [0.25, 0.3) is 5.69 Å². The van der Waals surface area contributed by atoms with Gasteiger partial charge in [0.1, 0.15) is 0 Å². The second kappa shape index (κ2) is 6.53. The van der Waals surface area contributed by atoms with Crippen LogP contribution in [0.2, 0.25) is 0 Å². The van der Waals surface area contributed by atoms with Gasteiger partial charge in [-0.25, -0.2) is 4.98 Å². The molecule has 6 nitrogen and oxygen atoms in total. The standard InChI is InChI=1S/C16H13N3O3S/c20-15(17-11-4-2-1-3-5-11)8-9-16-18-13-7-6-12(19(21)22)10-14(13)23-16/h1-7,10H,8-9H2,(H,17,20). The monoisotopic (exact) mass is 327 g/mol. The van der Waals surface area contributed by atoms with E-state index in [9.17, 15) is 14.9 Å². The molecule has 3 rings (SSSR count). The van der Waals surface area contributed by atoms with Gasteiger partial charge in [0.2, 0.25) is 5.91 Å². The number of non-ortho nitro benzene ring substituents is 1. The number of nitrogens with zero attached hydrogens (tertiary/aromatic N) is 2. The van der Waals surface area contributed by atoms with Gasteiger partial charge in [-0.15, -0.1) is 11.3 Å². The molecular formula is C16H13N3O3S. The second-order valence-corrected chi connectivity index (χ2v) is 6.05. The number of aromatic nitrogens is 1. The van der Waals surface area contributed by atoms with Crippen LogP contribution in [-0.4, -0.2) is 15.8 Å². The van der Waals surface area contributed by atoms with Crippen LogP contribution < -0.4 is 5.32 Å². The number of benzene rings is 2. The topological polar surface area (TPSA) is 85.1 Å². The molecule has 0 bridgehead atoms. The summed E-state index contributed by atoms with van der Waals surface area (Å²) in [6.07, 6.45) is 0.822. The first-order valence-electron chi connectivity index (χ1n) is 7.00. The minimum absolute atomic E-state index is 0.0505. The molecule has 116 valence electrons. The zero-order valence-corrected chi connectivity index (χ0v) is 12.9. The van der Waals surface area contributed by atoms with Gasteiger partial charge in [0, 0.05) is 30.7 Å². The molecule has 1 aromatic heterocycles. The highest BCUT2D eigenvalue weighted by molar-refractivity contribution is 7.18. The summed E-state index contributed by atoms with van der Waals surface area (Å²) < 4.78 is 0.762. The number of nitro benzene ring substituents is 1. The fourth-order valence-corrected chi connectivity index (χ4v) is 3.15. The molecule has 0 aliphatic carbocycles. The highest BCUT2D eigenvalue weighted by Crippen LogP contribution is 2.27. The first-order chi connectivity index (χ1) is 11.1. The number of nitro groups is 1. The van der Waals surface area contributed by atoms with E-state index in [-0.39, 0.29) is 11.6 Å². The largest absolute Gasteiger partial charge is 0.326 e. The van der Waals surface area contributed by atoms with Crippen molar-refractivity contribution < 1.29 is 9.72 Å². The van der Waals surface area contributed by atoms with Crippen molar-refractivity contribution in [3.63, 3.8) is 0 Å². The maximum absolute atomic E-state index is 11.9. The van der Waals surface area contributed by atoms with E-state index < -0.39 is 4.92 Å². The molecule has 0 saturated heterocycles. The molecule has 0 aliphatic heterocycles. The summed E-state index contributed by atoms with van der Waals surface area (Å²) in [6.45, 7) is 0. The number of carbonyl (C=O) groups is 1. The van der Waals surface area contributed by atoms with E-state index in [4.69, 9.17) is 0 Å². The van der Waals surface area contributed by atoms with E-state index in [1.165, 1.54) is 23.5 Å². The lowest BCUT2D eigenvalue weighted by Gasteiger charge is -2.03. The maximum atomic E-state index is 11.9. The van der Waals surface area contributed by atoms with Crippen molar-refractivity contribution in [2.45, 2.75) is 12.8 Å². The predicted molar refractivity (Wildman–Crippen MR) is 89.7 cm³/mol. The summed E-state index contributed by atoms with van der Waals surface area (Å²) in [5.74, 6) is -0.0820. The van der Waals surface area contributed by atoms with Crippen LogP contribution in [0.3, 0.4) is 0 Å². The van der Waals surface area contributed by atoms with Gasteiger partial charge in [0.15, 0.2) is 0 Å². The Morgan fingerprint density at radius 3 is 2.74 bits per heavy atom. The van der Waals surface area contributed by atoms with E-state index in [1.807, 2.05) is 30.3 Å². The minimum atomic E-state index is -0.424. The zero-order chi connectivity index (χ0) is 16.2. The molecule has 1 heterocycles. The number of rotatable bonds is 5. The summed E-state index contributed by atoms with van der Waals surface area (Å²) in [4.78, 5) is 26.7. The number of para-hydroxylation sites is 1. The van der Waals surface area contributed by atoms with Crippen LogP contribution in [0.15, 0.2) is 48.5 Å². The SMILES string of the molecule is O=C(CCc1nc2ccc([N+](=O)[O-])cc2s1)Nc1ccccc1. The summed E-state index contributed by atoms with van der Waals surface area (Å²) in [7, 11) is 0. The Labute approximate surface area is 135 Å². The molecule has 0 radical (unpaired) electrons. The molecule has 0 atom stereocenters. The summed E-state index contributed by atoms with van der Waals surface area (Å²) >= 11 is 1.38. The molecular weight excluding hydrogens is 314 g/mol. The average Bonchev–Trinajstić information content (AvgIpc) is 2.96. The predicted octanol–water partition coefficient (Wildman–Crippen LogP) is 3.78. The van der Waals surface area contributed by atoms with Crippen molar-refractivity contribution in [3.05, 3.63) is 63.7 Å². The van der Waals surface area contributed by atoms with Crippen LogP contribution in [0.5, 0.6) is 0 Å². The van der Waals surface area contributed by atoms with Crippen molar-refractivity contribution in [1.29, 1.82) is 0 Å². The molecule has 7 heteroatoms. The van der Waals surface area contributed by atoms with Crippen LogP contribution in [0, 0.1) is 10.1 Å². The van der Waals surface area contributed by atoms with Gasteiger partial charge in [-0.1, -0.05) is 18.2 Å². The Bertz CT molecular complexity index is 861. The summed E-state index contributed by atoms with van der Waals surface area (Å²) in [6, 6.07) is 13.8. The molecule has 0 aliphatic rings. The van der Waals surface area contributed by atoms with Gasteiger partial charge in [-0.2, -0.15) is 0 Å². The third-order valence-electron chi connectivity index (χ3n) is 3.25. The second-order valence-electron chi connectivity index (χ2n) is 4.93. The normalized spacial score (nSPS) is 10.6. The first-order valence-corrected chi connectivity index (χ1v) is 7.82. The minimum Gasteiger partial charge on any atom is -0.326 e. The molecule has 0 spiro atoms. The number of carbonyl (C=O) groups excluding carboxylic acids is 1. The lowest BCUT2D eigenvalue weighted by Crippen LogP contribution is -2.12. The highest BCUT2D eigenvalue weighted by atomic mass is 32.1. The Kier molecular flexibility index (Phi) is 4.29. The number of thiazole rings is 1. The van der Waals surface area contributed by atoms with E-state index in [1.54, 1.807) is 6.07 Å². The Morgan fingerprint density at radius 1 is 1.22 bits per heavy atom. The van der Waals surface area contributed by atoms with Gasteiger partial charge in [-0.05, 0) is 18.2 Å². The molecule has 23 heavy (non-hydrogen) atoms. The van der Waals surface area contributed by atoms with Crippen molar-refractivity contribution >= 4 is 38.8 Å². The third kappa shape index (κ3) is 3.70. The van der Waals surface area contributed by atoms with Gasteiger partial charge < -0.3 is 5.32 Å². The number of nitrogens with one attached hydrogen (secondary N) is 1. The fourth-order valence-electron chi connectivity index (χ4n) is 2.15. The molecule has 1 amide bonds. The van der Waals surface area contributed by atoms with Crippen molar-refractivity contribution in [3.8, 4) is 0 Å². The summed E-state index contributed by atoms with van der Waals surface area (Å²) in [5, 5.41) is 14.4. The molecule has 2 aromatic carbocycles. The Hall–Kier alpha value is -2.80. The lowest BCUT2D eigenvalue weighted by molar-refractivity contribution is -0.384. The molecule has 1 N–H and O–H groups in total. The van der Waals surface area contributed by atoms with Crippen LogP contribution in [-0.2, 0) is 11.2 Å². The molecule has 3 aromatic rings. The molecule has 0 saturated carbocycles. The zero-order valence-electron chi connectivity index (χ0n) is 12.1. The number of fused-ring (bicyclic) bond motifs is 1.